The van der Waals surface area contributed by atoms with Crippen LogP contribution in [0, 0.1) is 0 Å². The number of rotatable bonds is 4. The first-order valence-electron chi connectivity index (χ1n) is 6.68. The maximum atomic E-state index is 5.81. The van der Waals surface area contributed by atoms with Crippen LogP contribution < -0.4 is 5.73 Å². The smallest absolute Gasteiger partial charge is 0.171 e. The number of benzene rings is 2. The number of nitrogens with two attached hydrogens (primary N) is 1. The maximum absolute atomic E-state index is 5.81. The van der Waals surface area contributed by atoms with Crippen molar-refractivity contribution >= 4 is 22.8 Å². The van der Waals surface area contributed by atoms with Crippen LogP contribution in [0.2, 0.25) is 0 Å². The van der Waals surface area contributed by atoms with Gasteiger partial charge in [0.25, 0.3) is 0 Å². The van der Waals surface area contributed by atoms with Crippen molar-refractivity contribution in [3.05, 3.63) is 54.1 Å². The third-order valence-electron chi connectivity index (χ3n) is 3.06. The molecule has 0 amide bonds. The van der Waals surface area contributed by atoms with Gasteiger partial charge in [0.15, 0.2) is 5.16 Å². The molecule has 2 aromatic carbocycles. The van der Waals surface area contributed by atoms with Crippen LogP contribution in [0.1, 0.15) is 12.5 Å². The van der Waals surface area contributed by atoms with Crippen molar-refractivity contribution in [2.75, 3.05) is 0 Å². The number of hydrogen-bond acceptors (Lipinski definition) is 3. The highest BCUT2D eigenvalue weighted by Crippen LogP contribution is 2.27. The Kier molecular flexibility index (Phi) is 3.76. The number of fused-ring (bicyclic) bond motifs is 1. The molecule has 0 spiro atoms. The number of nitrogens with one attached hydrogen (secondary N) is 1. The van der Waals surface area contributed by atoms with Gasteiger partial charge in [-0.3, -0.25) is 0 Å². The quantitative estimate of drug-likeness (QED) is 0.769. The fourth-order valence-corrected chi connectivity index (χ4v) is 2.96. The molecule has 0 aliphatic carbocycles. The summed E-state index contributed by atoms with van der Waals surface area (Å²) in [4.78, 5) is 9.07. The summed E-state index contributed by atoms with van der Waals surface area (Å²) >= 11 is 1.64. The summed E-state index contributed by atoms with van der Waals surface area (Å²) in [5, 5.41) is 0.922. The molecular weight excluding hydrogens is 266 g/mol. The van der Waals surface area contributed by atoms with E-state index in [-0.39, 0.29) is 6.04 Å². The first-order valence-corrected chi connectivity index (χ1v) is 7.49. The van der Waals surface area contributed by atoms with Crippen LogP contribution >= 0.6 is 11.8 Å². The molecule has 1 aromatic heterocycles. The van der Waals surface area contributed by atoms with Gasteiger partial charge in [0.1, 0.15) is 0 Å². The molecular formula is C16H17N3S. The molecule has 1 atom stereocenters. The monoisotopic (exact) mass is 283 g/mol. The minimum Gasteiger partial charge on any atom is -0.333 e. The van der Waals surface area contributed by atoms with Crippen molar-refractivity contribution < 1.29 is 0 Å². The Bertz CT molecular complexity index is 668. The predicted octanol–water partition coefficient (Wildman–Crippen LogP) is 3.60. The Labute approximate surface area is 122 Å². The number of H-pyrrole nitrogens is 1. The fraction of sp³-hybridized carbons (Fsp3) is 0.188. The molecule has 1 heterocycles. The van der Waals surface area contributed by atoms with E-state index in [2.05, 4.69) is 34.2 Å². The molecule has 0 bridgehead atoms. The van der Waals surface area contributed by atoms with E-state index in [1.54, 1.807) is 11.8 Å². The molecule has 102 valence electrons. The molecule has 4 heteroatoms. The van der Waals surface area contributed by atoms with Crippen LogP contribution in [-0.4, -0.2) is 16.0 Å². The number of aromatic amines is 1. The number of hydrogen-bond donors (Lipinski definition) is 2. The van der Waals surface area contributed by atoms with Crippen LogP contribution in [-0.2, 0) is 6.42 Å². The first-order chi connectivity index (χ1) is 9.70. The molecule has 3 rings (SSSR count). The van der Waals surface area contributed by atoms with Crippen molar-refractivity contribution in [2.24, 2.45) is 5.73 Å². The number of para-hydroxylation sites is 2. The normalized spacial score (nSPS) is 12.7. The zero-order valence-corrected chi connectivity index (χ0v) is 12.2. The van der Waals surface area contributed by atoms with Crippen LogP contribution in [0.5, 0.6) is 0 Å². The van der Waals surface area contributed by atoms with Gasteiger partial charge in [0, 0.05) is 10.9 Å². The summed E-state index contributed by atoms with van der Waals surface area (Å²) in [5.74, 6) is 0. The lowest BCUT2D eigenvalue weighted by Crippen LogP contribution is -2.17. The van der Waals surface area contributed by atoms with Crippen molar-refractivity contribution in [2.45, 2.75) is 29.4 Å². The largest absolute Gasteiger partial charge is 0.333 e. The van der Waals surface area contributed by atoms with E-state index in [1.165, 1.54) is 10.5 Å². The number of nitrogens with zero attached hydrogens (tertiary/aromatic N) is 1. The van der Waals surface area contributed by atoms with Gasteiger partial charge in [-0.2, -0.15) is 0 Å². The van der Waals surface area contributed by atoms with Crippen molar-refractivity contribution in [1.82, 2.24) is 9.97 Å². The predicted molar refractivity (Wildman–Crippen MR) is 84.0 cm³/mol. The molecule has 1 unspecified atom stereocenters. The Balaban J connectivity index is 1.76. The van der Waals surface area contributed by atoms with Crippen LogP contribution in [0.15, 0.2) is 58.6 Å². The fourth-order valence-electron chi connectivity index (χ4n) is 2.15. The highest BCUT2D eigenvalue weighted by molar-refractivity contribution is 7.99. The molecule has 3 N–H and O–H groups in total. The molecule has 0 aliphatic rings. The summed E-state index contributed by atoms with van der Waals surface area (Å²) in [6, 6.07) is 16.8. The zero-order valence-electron chi connectivity index (χ0n) is 11.3. The second-order valence-electron chi connectivity index (χ2n) is 4.99. The second kappa shape index (κ2) is 5.69. The van der Waals surface area contributed by atoms with Gasteiger partial charge in [-0.25, -0.2) is 4.98 Å². The molecule has 3 nitrogen and oxygen atoms in total. The minimum atomic E-state index is 0.198. The Morgan fingerprint density at radius 1 is 1.15 bits per heavy atom. The van der Waals surface area contributed by atoms with E-state index in [9.17, 15) is 0 Å². The molecule has 0 saturated heterocycles. The van der Waals surface area contributed by atoms with Gasteiger partial charge in [-0.05, 0) is 43.2 Å². The highest BCUT2D eigenvalue weighted by Gasteiger charge is 2.04. The molecule has 0 radical (unpaired) electrons. The molecule has 0 aliphatic heterocycles. The van der Waals surface area contributed by atoms with Crippen LogP contribution in [0.4, 0.5) is 0 Å². The van der Waals surface area contributed by atoms with E-state index in [4.69, 9.17) is 5.73 Å². The molecule has 0 fully saturated rings. The van der Waals surface area contributed by atoms with Gasteiger partial charge >= 0.3 is 0 Å². The van der Waals surface area contributed by atoms with Gasteiger partial charge in [-0.1, -0.05) is 36.0 Å². The van der Waals surface area contributed by atoms with E-state index < -0.39 is 0 Å². The SMILES string of the molecule is CC(N)Cc1ccc(Sc2nc3ccccc3[nH]2)cc1. The number of aromatic nitrogens is 2. The van der Waals surface area contributed by atoms with Gasteiger partial charge in [-0.15, -0.1) is 0 Å². The Hall–Kier alpha value is -1.78. The Morgan fingerprint density at radius 2 is 1.90 bits per heavy atom. The molecule has 0 saturated carbocycles. The standard InChI is InChI=1S/C16H17N3S/c1-11(17)10-12-6-8-13(9-7-12)20-16-18-14-4-2-3-5-15(14)19-16/h2-9,11H,10,17H2,1H3,(H,18,19). The van der Waals surface area contributed by atoms with Crippen molar-refractivity contribution in [3.63, 3.8) is 0 Å². The van der Waals surface area contributed by atoms with E-state index in [1.807, 2.05) is 31.2 Å². The summed E-state index contributed by atoms with van der Waals surface area (Å²) in [6.45, 7) is 2.02. The average Bonchev–Trinajstić information content (AvgIpc) is 2.82. The maximum Gasteiger partial charge on any atom is 0.171 e. The third-order valence-corrected chi connectivity index (χ3v) is 3.96. The van der Waals surface area contributed by atoms with Crippen molar-refractivity contribution in [1.29, 1.82) is 0 Å². The average molecular weight is 283 g/mol. The van der Waals surface area contributed by atoms with E-state index in [0.29, 0.717) is 0 Å². The van der Waals surface area contributed by atoms with Crippen LogP contribution in [0.25, 0.3) is 11.0 Å². The van der Waals surface area contributed by atoms with Gasteiger partial charge in [0.2, 0.25) is 0 Å². The van der Waals surface area contributed by atoms with E-state index in [0.717, 1.165) is 22.6 Å². The Morgan fingerprint density at radius 3 is 2.60 bits per heavy atom. The molecule has 20 heavy (non-hydrogen) atoms. The highest BCUT2D eigenvalue weighted by atomic mass is 32.2. The lowest BCUT2D eigenvalue weighted by Gasteiger charge is -2.05. The van der Waals surface area contributed by atoms with Crippen molar-refractivity contribution in [3.8, 4) is 0 Å². The van der Waals surface area contributed by atoms with Gasteiger partial charge < -0.3 is 10.7 Å². The minimum absolute atomic E-state index is 0.198. The van der Waals surface area contributed by atoms with Crippen LogP contribution in [0.3, 0.4) is 0 Å². The number of imidazole rings is 1. The first kappa shape index (κ1) is 13.2. The van der Waals surface area contributed by atoms with Gasteiger partial charge in [0.05, 0.1) is 11.0 Å². The summed E-state index contributed by atoms with van der Waals surface area (Å²) in [5.41, 5.74) is 9.16. The summed E-state index contributed by atoms with van der Waals surface area (Å²) in [7, 11) is 0. The zero-order chi connectivity index (χ0) is 13.9. The summed E-state index contributed by atoms with van der Waals surface area (Å²) in [6.07, 6.45) is 0.912. The summed E-state index contributed by atoms with van der Waals surface area (Å²) < 4.78 is 0. The third kappa shape index (κ3) is 3.03. The topological polar surface area (TPSA) is 54.7 Å². The second-order valence-corrected chi connectivity index (χ2v) is 6.05. The lowest BCUT2D eigenvalue weighted by molar-refractivity contribution is 0.737. The van der Waals surface area contributed by atoms with E-state index >= 15 is 0 Å². The lowest BCUT2D eigenvalue weighted by atomic mass is 10.1. The molecule has 3 aromatic rings.